The number of fused-ring (bicyclic) bond motifs is 1. The Morgan fingerprint density at radius 3 is 2.75 bits per heavy atom. The van der Waals surface area contributed by atoms with Crippen molar-refractivity contribution in [1.82, 2.24) is 5.32 Å². The molecule has 1 aromatic carbocycles. The van der Waals surface area contributed by atoms with Crippen molar-refractivity contribution in [3.63, 3.8) is 0 Å². The van der Waals surface area contributed by atoms with Crippen LogP contribution in [0.5, 0.6) is 0 Å². The predicted molar refractivity (Wildman–Crippen MR) is 85.3 cm³/mol. The molecule has 0 saturated carbocycles. The van der Waals surface area contributed by atoms with Crippen LogP contribution in [0.25, 0.3) is 0 Å². The maximum absolute atomic E-state index is 5.95. The SMILES string of the molecule is CNC(COC(C)(C)C)CC1CCCc2ccccc21. The summed E-state index contributed by atoms with van der Waals surface area (Å²) in [5.74, 6) is 0.681. The second kappa shape index (κ2) is 6.73. The molecule has 0 fully saturated rings. The van der Waals surface area contributed by atoms with Gasteiger partial charge in [-0.05, 0) is 70.5 Å². The van der Waals surface area contributed by atoms with Gasteiger partial charge in [0.25, 0.3) is 0 Å². The summed E-state index contributed by atoms with van der Waals surface area (Å²) < 4.78 is 5.95. The van der Waals surface area contributed by atoms with Gasteiger partial charge in [-0.3, -0.25) is 0 Å². The Morgan fingerprint density at radius 1 is 1.30 bits per heavy atom. The Kier molecular flexibility index (Phi) is 5.22. The molecule has 2 atom stereocenters. The van der Waals surface area contributed by atoms with Crippen LogP contribution in [0.15, 0.2) is 24.3 Å². The van der Waals surface area contributed by atoms with Gasteiger partial charge < -0.3 is 10.1 Å². The Morgan fingerprint density at radius 2 is 2.05 bits per heavy atom. The third kappa shape index (κ3) is 4.32. The summed E-state index contributed by atoms with van der Waals surface area (Å²) in [6.07, 6.45) is 5.04. The van der Waals surface area contributed by atoms with Crippen LogP contribution in [0.3, 0.4) is 0 Å². The minimum absolute atomic E-state index is 0.0560. The van der Waals surface area contributed by atoms with Crippen molar-refractivity contribution in [1.29, 1.82) is 0 Å². The molecule has 0 amide bonds. The van der Waals surface area contributed by atoms with Crippen molar-refractivity contribution in [2.45, 2.75) is 64.0 Å². The first-order valence-corrected chi connectivity index (χ1v) is 7.88. The van der Waals surface area contributed by atoms with Crippen LogP contribution >= 0.6 is 0 Å². The molecule has 1 aliphatic carbocycles. The lowest BCUT2D eigenvalue weighted by Crippen LogP contribution is -2.36. The van der Waals surface area contributed by atoms with E-state index in [4.69, 9.17) is 4.74 Å². The number of hydrogen-bond acceptors (Lipinski definition) is 2. The van der Waals surface area contributed by atoms with Crippen molar-refractivity contribution in [2.24, 2.45) is 0 Å². The van der Waals surface area contributed by atoms with E-state index in [2.05, 4.69) is 50.4 Å². The predicted octanol–water partition coefficient (Wildman–Crippen LogP) is 3.90. The van der Waals surface area contributed by atoms with Crippen molar-refractivity contribution in [3.05, 3.63) is 35.4 Å². The van der Waals surface area contributed by atoms with Crippen LogP contribution < -0.4 is 5.32 Å². The topological polar surface area (TPSA) is 21.3 Å². The fourth-order valence-corrected chi connectivity index (χ4v) is 3.06. The van der Waals surface area contributed by atoms with Gasteiger partial charge in [-0.15, -0.1) is 0 Å². The second-order valence-corrected chi connectivity index (χ2v) is 6.93. The lowest BCUT2D eigenvalue weighted by atomic mass is 9.79. The van der Waals surface area contributed by atoms with E-state index in [1.54, 1.807) is 11.1 Å². The Balaban J connectivity index is 1.98. The number of aryl methyl sites for hydroxylation is 1. The van der Waals surface area contributed by atoms with E-state index < -0.39 is 0 Å². The van der Waals surface area contributed by atoms with Gasteiger partial charge in [0.15, 0.2) is 0 Å². The summed E-state index contributed by atoms with van der Waals surface area (Å²) in [5, 5.41) is 3.43. The molecule has 2 rings (SSSR count). The molecule has 0 aliphatic heterocycles. The van der Waals surface area contributed by atoms with Gasteiger partial charge in [0.2, 0.25) is 0 Å². The highest BCUT2D eigenvalue weighted by molar-refractivity contribution is 5.32. The number of rotatable bonds is 5. The summed E-state index contributed by atoms with van der Waals surface area (Å²) in [6, 6.07) is 9.39. The monoisotopic (exact) mass is 275 g/mol. The highest BCUT2D eigenvalue weighted by Crippen LogP contribution is 2.34. The Labute approximate surface area is 123 Å². The molecule has 1 aromatic rings. The number of benzene rings is 1. The molecule has 2 heteroatoms. The molecule has 0 aromatic heterocycles. The summed E-state index contributed by atoms with van der Waals surface area (Å²) in [7, 11) is 2.05. The van der Waals surface area contributed by atoms with Gasteiger partial charge in [-0.1, -0.05) is 24.3 Å². The Hall–Kier alpha value is -0.860. The first-order valence-electron chi connectivity index (χ1n) is 7.88. The molecule has 0 spiro atoms. The molecule has 0 saturated heterocycles. The molecular weight excluding hydrogens is 246 g/mol. The lowest BCUT2D eigenvalue weighted by molar-refractivity contribution is -0.0154. The minimum atomic E-state index is -0.0560. The van der Waals surface area contributed by atoms with Crippen molar-refractivity contribution in [2.75, 3.05) is 13.7 Å². The third-order valence-corrected chi connectivity index (χ3v) is 4.19. The molecule has 0 radical (unpaired) electrons. The van der Waals surface area contributed by atoms with E-state index in [0.29, 0.717) is 12.0 Å². The number of ether oxygens (including phenoxy) is 1. The summed E-state index contributed by atoms with van der Waals surface area (Å²) in [4.78, 5) is 0. The molecule has 0 heterocycles. The van der Waals surface area contributed by atoms with Crippen LogP contribution in [-0.4, -0.2) is 25.3 Å². The normalized spacial score (nSPS) is 20.5. The highest BCUT2D eigenvalue weighted by atomic mass is 16.5. The van der Waals surface area contributed by atoms with E-state index in [1.165, 1.54) is 25.7 Å². The van der Waals surface area contributed by atoms with E-state index in [9.17, 15) is 0 Å². The molecule has 1 aliphatic rings. The van der Waals surface area contributed by atoms with Crippen molar-refractivity contribution in [3.8, 4) is 0 Å². The zero-order valence-electron chi connectivity index (χ0n) is 13.4. The van der Waals surface area contributed by atoms with Crippen molar-refractivity contribution >= 4 is 0 Å². The summed E-state index contributed by atoms with van der Waals surface area (Å²) in [6.45, 7) is 7.15. The maximum atomic E-state index is 5.95. The van der Waals surface area contributed by atoms with Gasteiger partial charge in [0.1, 0.15) is 0 Å². The van der Waals surface area contributed by atoms with Crippen LogP contribution in [0.2, 0.25) is 0 Å². The fraction of sp³-hybridized carbons (Fsp3) is 0.667. The van der Waals surface area contributed by atoms with Gasteiger partial charge in [-0.2, -0.15) is 0 Å². The number of hydrogen-bond donors (Lipinski definition) is 1. The maximum Gasteiger partial charge on any atom is 0.0626 e. The first kappa shape index (κ1) is 15.5. The van der Waals surface area contributed by atoms with Crippen LogP contribution in [0.1, 0.15) is 57.1 Å². The van der Waals surface area contributed by atoms with Crippen molar-refractivity contribution < 1.29 is 4.74 Å². The molecule has 2 nitrogen and oxygen atoms in total. The van der Waals surface area contributed by atoms with Gasteiger partial charge in [0.05, 0.1) is 12.2 Å². The molecule has 2 unspecified atom stereocenters. The van der Waals surface area contributed by atoms with Crippen LogP contribution in [0, 0.1) is 0 Å². The minimum Gasteiger partial charge on any atom is -0.374 e. The van der Waals surface area contributed by atoms with Gasteiger partial charge in [-0.25, -0.2) is 0 Å². The van der Waals surface area contributed by atoms with E-state index >= 15 is 0 Å². The smallest absolute Gasteiger partial charge is 0.0626 e. The van der Waals surface area contributed by atoms with E-state index in [-0.39, 0.29) is 5.60 Å². The standard InChI is InChI=1S/C18H29NO/c1-18(2,3)20-13-16(19-4)12-15-10-7-9-14-8-5-6-11-17(14)15/h5-6,8,11,15-16,19H,7,9-10,12-13H2,1-4H3. The average Bonchev–Trinajstić information content (AvgIpc) is 2.42. The molecule has 0 bridgehead atoms. The third-order valence-electron chi connectivity index (χ3n) is 4.19. The average molecular weight is 275 g/mol. The fourth-order valence-electron chi connectivity index (χ4n) is 3.06. The number of likely N-dealkylation sites (N-methyl/N-ethyl adjacent to an activating group) is 1. The molecule has 20 heavy (non-hydrogen) atoms. The Bertz CT molecular complexity index is 422. The number of nitrogens with one attached hydrogen (secondary N) is 1. The summed E-state index contributed by atoms with van der Waals surface area (Å²) in [5.41, 5.74) is 3.06. The van der Waals surface area contributed by atoms with E-state index in [1.807, 2.05) is 7.05 Å². The molecule has 112 valence electrons. The first-order chi connectivity index (χ1) is 9.49. The van der Waals surface area contributed by atoms with Crippen LogP contribution in [-0.2, 0) is 11.2 Å². The zero-order chi connectivity index (χ0) is 14.6. The summed E-state index contributed by atoms with van der Waals surface area (Å²) >= 11 is 0. The molecular formula is C18H29NO. The zero-order valence-corrected chi connectivity index (χ0v) is 13.4. The quantitative estimate of drug-likeness (QED) is 0.880. The second-order valence-electron chi connectivity index (χ2n) is 6.93. The van der Waals surface area contributed by atoms with E-state index in [0.717, 1.165) is 6.61 Å². The lowest BCUT2D eigenvalue weighted by Gasteiger charge is -2.30. The molecule has 1 N–H and O–H groups in total. The highest BCUT2D eigenvalue weighted by Gasteiger charge is 2.23. The van der Waals surface area contributed by atoms with Gasteiger partial charge in [0, 0.05) is 6.04 Å². The largest absolute Gasteiger partial charge is 0.374 e. The van der Waals surface area contributed by atoms with Crippen LogP contribution in [0.4, 0.5) is 0 Å². The van der Waals surface area contributed by atoms with Gasteiger partial charge >= 0.3 is 0 Å².